The molecule has 4 nitrogen and oxygen atoms in total. The SMILES string of the molecule is Cc1nn(C)c(C)c1NC(=O)C(c1ccccc1)c1ccccc1. The number of nitrogens with one attached hydrogen (secondary N) is 1. The predicted octanol–water partition coefficient (Wildman–Crippen LogP) is 3.81. The molecule has 0 aliphatic rings. The summed E-state index contributed by atoms with van der Waals surface area (Å²) in [7, 11) is 1.88. The fourth-order valence-electron chi connectivity index (χ4n) is 2.94. The smallest absolute Gasteiger partial charge is 0.236 e. The Kier molecular flexibility index (Phi) is 4.47. The maximum atomic E-state index is 13.1. The minimum Gasteiger partial charge on any atom is -0.322 e. The molecule has 1 aromatic heterocycles. The average Bonchev–Trinajstić information content (AvgIpc) is 2.83. The van der Waals surface area contributed by atoms with Crippen LogP contribution in [0.25, 0.3) is 0 Å². The van der Waals surface area contributed by atoms with Gasteiger partial charge in [-0.1, -0.05) is 60.7 Å². The number of amides is 1. The molecule has 0 unspecified atom stereocenters. The van der Waals surface area contributed by atoms with Crippen molar-refractivity contribution in [3.8, 4) is 0 Å². The zero-order valence-corrected chi connectivity index (χ0v) is 14.2. The molecule has 1 heterocycles. The fourth-order valence-corrected chi connectivity index (χ4v) is 2.94. The predicted molar refractivity (Wildman–Crippen MR) is 96.0 cm³/mol. The first-order valence-electron chi connectivity index (χ1n) is 7.99. The fraction of sp³-hybridized carbons (Fsp3) is 0.200. The van der Waals surface area contributed by atoms with Crippen LogP contribution >= 0.6 is 0 Å². The highest BCUT2D eigenvalue weighted by Crippen LogP contribution is 2.27. The van der Waals surface area contributed by atoms with E-state index in [2.05, 4.69) is 10.4 Å². The third kappa shape index (κ3) is 3.08. The monoisotopic (exact) mass is 319 g/mol. The number of benzene rings is 2. The summed E-state index contributed by atoms with van der Waals surface area (Å²) in [5, 5.41) is 7.44. The molecule has 0 spiro atoms. The molecular weight excluding hydrogens is 298 g/mol. The number of aromatic nitrogens is 2. The van der Waals surface area contributed by atoms with Gasteiger partial charge >= 0.3 is 0 Å². The molecule has 1 amide bonds. The molecule has 0 atom stereocenters. The molecule has 0 aliphatic carbocycles. The van der Waals surface area contributed by atoms with E-state index in [0.717, 1.165) is 28.2 Å². The minimum atomic E-state index is -0.355. The van der Waals surface area contributed by atoms with Crippen molar-refractivity contribution < 1.29 is 4.79 Å². The van der Waals surface area contributed by atoms with Crippen molar-refractivity contribution in [2.24, 2.45) is 7.05 Å². The third-order valence-corrected chi connectivity index (χ3v) is 4.29. The van der Waals surface area contributed by atoms with E-state index in [1.807, 2.05) is 81.6 Å². The lowest BCUT2D eigenvalue weighted by atomic mass is 9.90. The normalized spacial score (nSPS) is 10.8. The quantitative estimate of drug-likeness (QED) is 0.795. The zero-order valence-electron chi connectivity index (χ0n) is 14.2. The summed E-state index contributed by atoms with van der Waals surface area (Å²) in [6, 6.07) is 19.7. The van der Waals surface area contributed by atoms with E-state index in [1.54, 1.807) is 4.68 Å². The van der Waals surface area contributed by atoms with E-state index in [4.69, 9.17) is 0 Å². The molecule has 122 valence electrons. The summed E-state index contributed by atoms with van der Waals surface area (Å²) in [5.74, 6) is -0.405. The lowest BCUT2D eigenvalue weighted by Gasteiger charge is -2.18. The van der Waals surface area contributed by atoms with E-state index in [0.29, 0.717) is 0 Å². The van der Waals surface area contributed by atoms with Gasteiger partial charge in [0.15, 0.2) is 0 Å². The third-order valence-electron chi connectivity index (χ3n) is 4.29. The van der Waals surface area contributed by atoms with Crippen LogP contribution < -0.4 is 5.32 Å². The van der Waals surface area contributed by atoms with E-state index in [1.165, 1.54) is 0 Å². The first-order chi connectivity index (χ1) is 11.6. The summed E-state index contributed by atoms with van der Waals surface area (Å²) in [6.07, 6.45) is 0. The Morgan fingerprint density at radius 3 is 1.88 bits per heavy atom. The molecule has 0 radical (unpaired) electrons. The molecule has 24 heavy (non-hydrogen) atoms. The van der Waals surface area contributed by atoms with Crippen LogP contribution in [0.15, 0.2) is 60.7 Å². The maximum Gasteiger partial charge on any atom is 0.236 e. The number of anilines is 1. The van der Waals surface area contributed by atoms with Gasteiger partial charge in [-0.05, 0) is 25.0 Å². The topological polar surface area (TPSA) is 46.9 Å². The van der Waals surface area contributed by atoms with Gasteiger partial charge in [-0.25, -0.2) is 0 Å². The zero-order chi connectivity index (χ0) is 17.1. The molecule has 4 heteroatoms. The number of carbonyl (C=O) groups excluding carboxylic acids is 1. The average molecular weight is 319 g/mol. The number of nitrogens with zero attached hydrogens (tertiary/aromatic N) is 2. The number of aryl methyl sites for hydroxylation is 2. The molecule has 2 aromatic carbocycles. The van der Waals surface area contributed by atoms with Gasteiger partial charge in [-0.15, -0.1) is 0 Å². The largest absolute Gasteiger partial charge is 0.322 e. The lowest BCUT2D eigenvalue weighted by molar-refractivity contribution is -0.116. The molecular formula is C20H21N3O. The Morgan fingerprint density at radius 2 is 1.46 bits per heavy atom. The molecule has 0 bridgehead atoms. The van der Waals surface area contributed by atoms with Crippen molar-refractivity contribution >= 4 is 11.6 Å². The van der Waals surface area contributed by atoms with Crippen LogP contribution in [0, 0.1) is 13.8 Å². The van der Waals surface area contributed by atoms with Crippen LogP contribution in [0.2, 0.25) is 0 Å². The Morgan fingerprint density at radius 1 is 0.958 bits per heavy atom. The van der Waals surface area contributed by atoms with Gasteiger partial charge < -0.3 is 5.32 Å². The lowest BCUT2D eigenvalue weighted by Crippen LogP contribution is -2.22. The Balaban J connectivity index is 1.98. The summed E-state index contributed by atoms with van der Waals surface area (Å²) in [4.78, 5) is 13.1. The molecule has 3 rings (SSSR count). The molecule has 1 N–H and O–H groups in total. The molecule has 0 saturated heterocycles. The first-order valence-corrected chi connectivity index (χ1v) is 7.99. The second kappa shape index (κ2) is 6.71. The Bertz CT molecular complexity index is 799. The second-order valence-electron chi connectivity index (χ2n) is 5.91. The Labute approximate surface area is 142 Å². The highest BCUT2D eigenvalue weighted by atomic mass is 16.1. The van der Waals surface area contributed by atoms with Gasteiger partial charge in [0.25, 0.3) is 0 Å². The summed E-state index contributed by atoms with van der Waals surface area (Å²) >= 11 is 0. The van der Waals surface area contributed by atoms with Gasteiger partial charge in [0, 0.05) is 7.05 Å². The van der Waals surface area contributed by atoms with Crippen molar-refractivity contribution in [1.29, 1.82) is 0 Å². The van der Waals surface area contributed by atoms with Gasteiger partial charge in [0.1, 0.15) is 0 Å². The number of hydrogen-bond donors (Lipinski definition) is 1. The van der Waals surface area contributed by atoms with Crippen LogP contribution in [0.4, 0.5) is 5.69 Å². The number of hydrogen-bond acceptors (Lipinski definition) is 2. The van der Waals surface area contributed by atoms with Crippen LogP contribution in [-0.4, -0.2) is 15.7 Å². The van der Waals surface area contributed by atoms with Crippen LogP contribution in [0.3, 0.4) is 0 Å². The summed E-state index contributed by atoms with van der Waals surface area (Å²) < 4.78 is 1.78. The number of rotatable bonds is 4. The Hall–Kier alpha value is -2.88. The van der Waals surface area contributed by atoms with Crippen LogP contribution in [-0.2, 0) is 11.8 Å². The summed E-state index contributed by atoms with van der Waals surface area (Å²) in [5.41, 5.74) is 4.50. The van der Waals surface area contributed by atoms with E-state index < -0.39 is 0 Å². The van der Waals surface area contributed by atoms with Crippen molar-refractivity contribution in [1.82, 2.24) is 9.78 Å². The molecule has 0 saturated carbocycles. The van der Waals surface area contributed by atoms with Gasteiger partial charge in [-0.3, -0.25) is 9.48 Å². The standard InChI is InChI=1S/C20H21N3O/c1-14-19(15(2)23(3)22-14)21-20(24)18(16-10-6-4-7-11-16)17-12-8-5-9-13-17/h4-13,18H,1-3H3,(H,21,24). The van der Waals surface area contributed by atoms with Crippen molar-refractivity contribution in [2.45, 2.75) is 19.8 Å². The molecule has 0 aliphatic heterocycles. The van der Waals surface area contributed by atoms with Crippen LogP contribution in [0.5, 0.6) is 0 Å². The van der Waals surface area contributed by atoms with Crippen LogP contribution in [0.1, 0.15) is 28.4 Å². The number of carbonyl (C=O) groups is 1. The highest BCUT2D eigenvalue weighted by molar-refractivity contribution is 5.99. The van der Waals surface area contributed by atoms with E-state index >= 15 is 0 Å². The van der Waals surface area contributed by atoms with E-state index in [9.17, 15) is 4.79 Å². The van der Waals surface area contributed by atoms with Crippen molar-refractivity contribution in [2.75, 3.05) is 5.32 Å². The molecule has 0 fully saturated rings. The first kappa shape index (κ1) is 16.0. The van der Waals surface area contributed by atoms with Crippen molar-refractivity contribution in [3.05, 3.63) is 83.2 Å². The van der Waals surface area contributed by atoms with Crippen molar-refractivity contribution in [3.63, 3.8) is 0 Å². The second-order valence-corrected chi connectivity index (χ2v) is 5.91. The molecule has 3 aromatic rings. The van der Waals surface area contributed by atoms with Gasteiger partial charge in [0.2, 0.25) is 5.91 Å². The maximum absolute atomic E-state index is 13.1. The minimum absolute atomic E-state index is 0.0494. The summed E-state index contributed by atoms with van der Waals surface area (Å²) in [6.45, 7) is 3.86. The van der Waals surface area contributed by atoms with Gasteiger partial charge in [0.05, 0.1) is 23.0 Å². The van der Waals surface area contributed by atoms with E-state index in [-0.39, 0.29) is 11.8 Å². The highest BCUT2D eigenvalue weighted by Gasteiger charge is 2.24. The van der Waals surface area contributed by atoms with Gasteiger partial charge in [-0.2, -0.15) is 5.10 Å².